The maximum absolute atomic E-state index is 13.0. The van der Waals surface area contributed by atoms with Crippen molar-refractivity contribution in [1.82, 2.24) is 4.98 Å². The number of hydrogen-bond acceptors (Lipinski definition) is 4. The molecule has 0 atom stereocenters. The number of esters is 1. The summed E-state index contributed by atoms with van der Waals surface area (Å²) in [4.78, 5) is 17.1. The lowest BCUT2D eigenvalue weighted by atomic mass is 9.88. The van der Waals surface area contributed by atoms with Gasteiger partial charge in [0.05, 0.1) is 13.0 Å². The van der Waals surface area contributed by atoms with Crippen molar-refractivity contribution in [2.45, 2.75) is 19.3 Å². The maximum atomic E-state index is 13.0. The van der Waals surface area contributed by atoms with E-state index in [1.165, 1.54) is 0 Å². The highest BCUT2D eigenvalue weighted by atomic mass is 16.6. The van der Waals surface area contributed by atoms with Gasteiger partial charge in [-0.1, -0.05) is 78.9 Å². The molecule has 170 valence electrons. The summed E-state index contributed by atoms with van der Waals surface area (Å²) >= 11 is 0. The highest BCUT2D eigenvalue weighted by Gasteiger charge is 2.20. The number of benzene rings is 3. The van der Waals surface area contributed by atoms with Crippen LogP contribution in [0.15, 0.2) is 103 Å². The Bertz CT molecular complexity index is 1180. The van der Waals surface area contributed by atoms with Crippen LogP contribution in [0.3, 0.4) is 0 Å². The third-order valence-corrected chi connectivity index (χ3v) is 5.44. The van der Waals surface area contributed by atoms with Gasteiger partial charge in [0.2, 0.25) is 0 Å². The van der Waals surface area contributed by atoms with E-state index in [0.717, 1.165) is 22.3 Å². The molecule has 0 aliphatic heterocycles. The second-order valence-corrected chi connectivity index (χ2v) is 7.81. The Hall–Kier alpha value is -4.18. The van der Waals surface area contributed by atoms with E-state index in [0.29, 0.717) is 18.1 Å². The van der Waals surface area contributed by atoms with Gasteiger partial charge in [-0.05, 0) is 53.4 Å². The van der Waals surface area contributed by atoms with E-state index in [-0.39, 0.29) is 18.3 Å². The van der Waals surface area contributed by atoms with Crippen LogP contribution >= 0.6 is 0 Å². The molecule has 0 saturated heterocycles. The number of ether oxygens (including phenoxy) is 2. The van der Waals surface area contributed by atoms with Crippen LogP contribution in [-0.2, 0) is 4.79 Å². The Morgan fingerprint density at radius 3 is 2.03 bits per heavy atom. The Morgan fingerprint density at radius 2 is 1.41 bits per heavy atom. The van der Waals surface area contributed by atoms with Gasteiger partial charge >= 0.3 is 5.97 Å². The van der Waals surface area contributed by atoms with Crippen LogP contribution < -0.4 is 9.47 Å². The van der Waals surface area contributed by atoms with Gasteiger partial charge in [-0.2, -0.15) is 0 Å². The third-order valence-electron chi connectivity index (χ3n) is 5.44. The summed E-state index contributed by atoms with van der Waals surface area (Å²) in [6, 6.07) is 29.5. The molecule has 4 nitrogen and oxygen atoms in total. The first-order chi connectivity index (χ1) is 16.7. The summed E-state index contributed by atoms with van der Waals surface area (Å²) < 4.78 is 11.6. The summed E-state index contributed by atoms with van der Waals surface area (Å²) in [6.07, 6.45) is 7.73. The van der Waals surface area contributed by atoms with Crippen LogP contribution in [0, 0.1) is 0 Å². The first kappa shape index (κ1) is 23.0. The topological polar surface area (TPSA) is 48.4 Å². The smallest absolute Gasteiger partial charge is 0.312 e. The van der Waals surface area contributed by atoms with Crippen LogP contribution in [0.5, 0.6) is 11.5 Å². The zero-order valence-corrected chi connectivity index (χ0v) is 19.1. The van der Waals surface area contributed by atoms with Crippen molar-refractivity contribution in [3.63, 3.8) is 0 Å². The zero-order chi connectivity index (χ0) is 23.6. The molecule has 1 aromatic heterocycles. The number of aromatic nitrogens is 1. The molecule has 0 amide bonds. The van der Waals surface area contributed by atoms with Crippen molar-refractivity contribution in [3.8, 4) is 11.5 Å². The maximum Gasteiger partial charge on any atom is 0.312 e. The number of nitrogens with zero attached hydrogens (tertiary/aromatic N) is 1. The first-order valence-electron chi connectivity index (χ1n) is 11.4. The minimum atomic E-state index is -0.307. The quantitative estimate of drug-likeness (QED) is 0.209. The Morgan fingerprint density at radius 1 is 0.794 bits per heavy atom. The molecule has 0 N–H and O–H groups in total. The van der Waals surface area contributed by atoms with E-state index in [1.807, 2.05) is 104 Å². The van der Waals surface area contributed by atoms with Crippen LogP contribution in [0.1, 0.15) is 41.5 Å². The van der Waals surface area contributed by atoms with Gasteiger partial charge in [0, 0.05) is 18.3 Å². The van der Waals surface area contributed by atoms with Gasteiger partial charge in [0.1, 0.15) is 0 Å². The molecule has 34 heavy (non-hydrogen) atoms. The molecule has 1 heterocycles. The third kappa shape index (κ3) is 6.20. The Kier molecular flexibility index (Phi) is 7.86. The van der Waals surface area contributed by atoms with Gasteiger partial charge in [0.15, 0.2) is 11.5 Å². The fourth-order valence-electron chi connectivity index (χ4n) is 3.78. The molecule has 0 radical (unpaired) electrons. The summed E-state index contributed by atoms with van der Waals surface area (Å²) in [5.74, 6) is 0.572. The van der Waals surface area contributed by atoms with Crippen molar-refractivity contribution in [2.75, 3.05) is 6.61 Å². The lowest BCUT2D eigenvalue weighted by molar-refractivity contribution is -0.134. The van der Waals surface area contributed by atoms with E-state index >= 15 is 0 Å². The number of pyridine rings is 1. The predicted octanol–water partition coefficient (Wildman–Crippen LogP) is 6.78. The molecule has 0 aliphatic carbocycles. The van der Waals surface area contributed by atoms with Gasteiger partial charge in [0.25, 0.3) is 0 Å². The summed E-state index contributed by atoms with van der Waals surface area (Å²) in [7, 11) is 0. The minimum Gasteiger partial charge on any atom is -0.490 e. The fourth-order valence-corrected chi connectivity index (χ4v) is 3.78. The molecule has 0 saturated carbocycles. The Balaban J connectivity index is 1.52. The van der Waals surface area contributed by atoms with E-state index in [1.54, 1.807) is 18.5 Å². The molecular weight excluding hydrogens is 422 g/mol. The molecule has 0 bridgehead atoms. The largest absolute Gasteiger partial charge is 0.490 e. The minimum absolute atomic E-state index is 0.0898. The van der Waals surface area contributed by atoms with Crippen LogP contribution in [0.2, 0.25) is 0 Å². The van der Waals surface area contributed by atoms with Crippen molar-refractivity contribution < 1.29 is 14.3 Å². The first-order valence-corrected chi connectivity index (χ1v) is 11.4. The molecule has 0 fully saturated rings. The van der Waals surface area contributed by atoms with E-state index in [9.17, 15) is 4.79 Å². The standard InChI is InChI=1S/C30H27NO3/c1-2-33-29-21-24(14-13-23-17-19-31-20-18-23)15-16-28(29)34-30(32)22-27(25-9-5-3-6-10-25)26-11-7-4-8-12-26/h3-21,27H,2,22H2,1H3/b14-13+. The molecule has 3 aromatic carbocycles. The van der Waals surface area contributed by atoms with Gasteiger partial charge in [-0.25, -0.2) is 0 Å². The molecule has 0 unspecified atom stereocenters. The van der Waals surface area contributed by atoms with Crippen molar-refractivity contribution in [1.29, 1.82) is 0 Å². The molecule has 4 aromatic rings. The monoisotopic (exact) mass is 449 g/mol. The van der Waals surface area contributed by atoms with E-state index < -0.39 is 0 Å². The summed E-state index contributed by atoms with van der Waals surface area (Å²) in [5, 5.41) is 0. The van der Waals surface area contributed by atoms with Gasteiger partial charge < -0.3 is 9.47 Å². The second-order valence-electron chi connectivity index (χ2n) is 7.81. The van der Waals surface area contributed by atoms with Gasteiger partial charge in [-0.15, -0.1) is 0 Å². The molecule has 0 spiro atoms. The second kappa shape index (κ2) is 11.6. The normalized spacial score (nSPS) is 11.0. The zero-order valence-electron chi connectivity index (χ0n) is 19.1. The molecule has 0 aliphatic rings. The Labute approximate surface area is 200 Å². The molecule has 4 heteroatoms. The highest BCUT2D eigenvalue weighted by Crippen LogP contribution is 2.32. The SMILES string of the molecule is CCOc1cc(/C=C/c2ccncc2)ccc1OC(=O)CC(c1ccccc1)c1ccccc1. The van der Waals surface area contributed by atoms with Crippen molar-refractivity contribution in [2.24, 2.45) is 0 Å². The number of carbonyl (C=O) groups excluding carboxylic acids is 1. The van der Waals surface area contributed by atoms with E-state index in [4.69, 9.17) is 9.47 Å². The van der Waals surface area contributed by atoms with Crippen LogP contribution in [-0.4, -0.2) is 17.6 Å². The number of rotatable bonds is 9. The van der Waals surface area contributed by atoms with Gasteiger partial charge in [-0.3, -0.25) is 9.78 Å². The lowest BCUT2D eigenvalue weighted by Crippen LogP contribution is -2.15. The average Bonchev–Trinajstić information content (AvgIpc) is 2.89. The number of carbonyl (C=O) groups is 1. The van der Waals surface area contributed by atoms with Crippen molar-refractivity contribution in [3.05, 3.63) is 126 Å². The van der Waals surface area contributed by atoms with E-state index in [2.05, 4.69) is 4.98 Å². The average molecular weight is 450 g/mol. The summed E-state index contributed by atoms with van der Waals surface area (Å²) in [6.45, 7) is 2.38. The number of hydrogen-bond donors (Lipinski definition) is 0. The molecule has 4 rings (SSSR count). The summed E-state index contributed by atoms with van der Waals surface area (Å²) in [5.41, 5.74) is 4.15. The molecular formula is C30H27NO3. The predicted molar refractivity (Wildman–Crippen MR) is 136 cm³/mol. The van der Waals surface area contributed by atoms with Crippen molar-refractivity contribution >= 4 is 18.1 Å². The lowest BCUT2D eigenvalue weighted by Gasteiger charge is -2.18. The highest BCUT2D eigenvalue weighted by molar-refractivity contribution is 5.76. The fraction of sp³-hybridized carbons (Fsp3) is 0.133. The van der Waals surface area contributed by atoms with Crippen LogP contribution in [0.4, 0.5) is 0 Å². The van der Waals surface area contributed by atoms with Crippen LogP contribution in [0.25, 0.3) is 12.2 Å².